The fraction of sp³-hybridized carbons (Fsp3) is 0.133. The standard InChI is InChI=1S/C15H12N4O/c1-9-17-14-10(4-3-5-13(14)20-9)12-8-16-15-11(18-12)6-7-19(15)2/h3-8H,1-2H3. The van der Waals surface area contributed by atoms with E-state index in [1.807, 2.05) is 49.0 Å². The van der Waals surface area contributed by atoms with Gasteiger partial charge < -0.3 is 8.98 Å². The summed E-state index contributed by atoms with van der Waals surface area (Å²) in [6, 6.07) is 7.80. The van der Waals surface area contributed by atoms with Gasteiger partial charge in [0.05, 0.1) is 11.9 Å². The molecular formula is C15H12N4O. The predicted molar refractivity (Wildman–Crippen MR) is 76.2 cm³/mol. The fourth-order valence-corrected chi connectivity index (χ4v) is 2.43. The van der Waals surface area contributed by atoms with E-state index >= 15 is 0 Å². The number of para-hydroxylation sites is 1. The van der Waals surface area contributed by atoms with Gasteiger partial charge in [0.1, 0.15) is 11.0 Å². The van der Waals surface area contributed by atoms with E-state index in [1.54, 1.807) is 6.20 Å². The predicted octanol–water partition coefficient (Wildman–Crippen LogP) is 3.08. The van der Waals surface area contributed by atoms with Crippen LogP contribution in [0.3, 0.4) is 0 Å². The molecule has 3 aromatic heterocycles. The second-order valence-corrected chi connectivity index (χ2v) is 4.78. The highest BCUT2D eigenvalue weighted by Crippen LogP contribution is 2.27. The Labute approximate surface area is 114 Å². The third kappa shape index (κ3) is 1.53. The van der Waals surface area contributed by atoms with E-state index in [4.69, 9.17) is 4.42 Å². The lowest BCUT2D eigenvalue weighted by Crippen LogP contribution is -1.92. The molecule has 0 saturated carbocycles. The molecule has 0 aliphatic heterocycles. The summed E-state index contributed by atoms with van der Waals surface area (Å²) in [4.78, 5) is 13.6. The normalized spacial score (nSPS) is 11.5. The van der Waals surface area contributed by atoms with E-state index in [9.17, 15) is 0 Å². The number of hydrogen-bond acceptors (Lipinski definition) is 4. The molecule has 98 valence electrons. The van der Waals surface area contributed by atoms with E-state index < -0.39 is 0 Å². The monoisotopic (exact) mass is 264 g/mol. The number of hydrogen-bond donors (Lipinski definition) is 0. The van der Waals surface area contributed by atoms with Crippen molar-refractivity contribution in [3.05, 3.63) is 42.5 Å². The molecule has 0 aliphatic carbocycles. The van der Waals surface area contributed by atoms with Crippen molar-refractivity contribution >= 4 is 22.3 Å². The number of fused-ring (bicyclic) bond motifs is 2. The lowest BCUT2D eigenvalue weighted by atomic mass is 10.1. The average molecular weight is 264 g/mol. The summed E-state index contributed by atoms with van der Waals surface area (Å²) in [5, 5.41) is 0. The van der Waals surface area contributed by atoms with Crippen LogP contribution in [-0.4, -0.2) is 19.5 Å². The Bertz CT molecular complexity index is 936. The zero-order valence-electron chi connectivity index (χ0n) is 11.2. The Balaban J connectivity index is 2.00. The molecular weight excluding hydrogens is 252 g/mol. The summed E-state index contributed by atoms with van der Waals surface area (Å²) in [5.74, 6) is 0.654. The van der Waals surface area contributed by atoms with Gasteiger partial charge in [-0.3, -0.25) is 0 Å². The lowest BCUT2D eigenvalue weighted by Gasteiger charge is -2.01. The maximum absolute atomic E-state index is 5.56. The molecule has 0 aliphatic rings. The lowest BCUT2D eigenvalue weighted by molar-refractivity contribution is 0.561. The van der Waals surface area contributed by atoms with Crippen LogP contribution in [0.1, 0.15) is 5.89 Å². The van der Waals surface area contributed by atoms with Crippen molar-refractivity contribution in [3.63, 3.8) is 0 Å². The van der Waals surface area contributed by atoms with Crippen LogP contribution in [0.15, 0.2) is 41.1 Å². The first-order chi connectivity index (χ1) is 9.72. The molecule has 0 fully saturated rings. The zero-order valence-corrected chi connectivity index (χ0v) is 11.2. The Morgan fingerprint density at radius 1 is 1.15 bits per heavy atom. The Kier molecular flexibility index (Phi) is 2.18. The minimum atomic E-state index is 0.654. The van der Waals surface area contributed by atoms with Crippen LogP contribution in [-0.2, 0) is 7.05 Å². The molecule has 4 aromatic rings. The highest BCUT2D eigenvalue weighted by atomic mass is 16.3. The van der Waals surface area contributed by atoms with Crippen LogP contribution in [0.25, 0.3) is 33.5 Å². The van der Waals surface area contributed by atoms with Crippen LogP contribution in [0.5, 0.6) is 0 Å². The quantitative estimate of drug-likeness (QED) is 0.530. The average Bonchev–Trinajstić information content (AvgIpc) is 3.00. The first-order valence-electron chi connectivity index (χ1n) is 6.37. The molecule has 5 heteroatoms. The molecule has 0 amide bonds. The maximum atomic E-state index is 5.56. The number of benzene rings is 1. The van der Waals surface area contributed by atoms with Crippen LogP contribution in [0, 0.1) is 6.92 Å². The van der Waals surface area contributed by atoms with Crippen LogP contribution in [0.4, 0.5) is 0 Å². The topological polar surface area (TPSA) is 56.7 Å². The van der Waals surface area contributed by atoms with Crippen molar-refractivity contribution in [2.75, 3.05) is 0 Å². The molecule has 0 radical (unpaired) electrons. The summed E-state index contributed by atoms with van der Waals surface area (Å²) in [6.45, 7) is 1.84. The molecule has 4 rings (SSSR count). The van der Waals surface area contributed by atoms with Crippen molar-refractivity contribution in [3.8, 4) is 11.3 Å². The van der Waals surface area contributed by atoms with Crippen molar-refractivity contribution in [2.45, 2.75) is 6.92 Å². The van der Waals surface area contributed by atoms with Gasteiger partial charge in [-0.15, -0.1) is 0 Å². The van der Waals surface area contributed by atoms with Crippen molar-refractivity contribution in [1.82, 2.24) is 19.5 Å². The van der Waals surface area contributed by atoms with Gasteiger partial charge >= 0.3 is 0 Å². The SMILES string of the molecule is Cc1nc2c(-c3cnc4c(ccn4C)n3)cccc2o1. The molecule has 3 heterocycles. The summed E-state index contributed by atoms with van der Waals surface area (Å²) < 4.78 is 7.51. The van der Waals surface area contributed by atoms with Gasteiger partial charge in [-0.25, -0.2) is 15.0 Å². The molecule has 0 atom stereocenters. The van der Waals surface area contributed by atoms with Gasteiger partial charge in [-0.05, 0) is 12.1 Å². The Morgan fingerprint density at radius 2 is 2.05 bits per heavy atom. The van der Waals surface area contributed by atoms with Crippen LogP contribution in [0.2, 0.25) is 0 Å². The minimum absolute atomic E-state index is 0.654. The Hall–Kier alpha value is -2.69. The van der Waals surface area contributed by atoms with Gasteiger partial charge in [-0.2, -0.15) is 0 Å². The van der Waals surface area contributed by atoms with Gasteiger partial charge in [0.25, 0.3) is 0 Å². The van der Waals surface area contributed by atoms with E-state index in [-0.39, 0.29) is 0 Å². The van der Waals surface area contributed by atoms with Gasteiger partial charge in [0.15, 0.2) is 17.1 Å². The van der Waals surface area contributed by atoms with E-state index in [1.165, 1.54) is 0 Å². The smallest absolute Gasteiger partial charge is 0.192 e. The highest BCUT2D eigenvalue weighted by molar-refractivity contribution is 5.90. The first-order valence-corrected chi connectivity index (χ1v) is 6.37. The largest absolute Gasteiger partial charge is 0.441 e. The van der Waals surface area contributed by atoms with E-state index in [2.05, 4.69) is 15.0 Å². The molecule has 0 unspecified atom stereocenters. The number of aryl methyl sites for hydroxylation is 2. The Morgan fingerprint density at radius 3 is 2.95 bits per heavy atom. The fourth-order valence-electron chi connectivity index (χ4n) is 2.43. The summed E-state index contributed by atoms with van der Waals surface area (Å²) >= 11 is 0. The van der Waals surface area contributed by atoms with Gasteiger partial charge in [0.2, 0.25) is 0 Å². The molecule has 0 N–H and O–H groups in total. The van der Waals surface area contributed by atoms with Gasteiger partial charge in [0, 0.05) is 25.7 Å². The second kappa shape index (κ2) is 3.90. The van der Waals surface area contributed by atoms with Crippen molar-refractivity contribution < 1.29 is 4.42 Å². The third-order valence-corrected chi connectivity index (χ3v) is 3.37. The second-order valence-electron chi connectivity index (χ2n) is 4.78. The molecule has 1 aromatic carbocycles. The van der Waals surface area contributed by atoms with Crippen molar-refractivity contribution in [1.29, 1.82) is 0 Å². The van der Waals surface area contributed by atoms with Gasteiger partial charge in [-0.1, -0.05) is 12.1 Å². The van der Waals surface area contributed by atoms with E-state index in [0.717, 1.165) is 33.5 Å². The summed E-state index contributed by atoms with van der Waals surface area (Å²) in [5.41, 5.74) is 5.10. The molecule has 5 nitrogen and oxygen atoms in total. The van der Waals surface area contributed by atoms with Crippen LogP contribution >= 0.6 is 0 Å². The highest BCUT2D eigenvalue weighted by Gasteiger charge is 2.12. The number of nitrogens with zero attached hydrogens (tertiary/aromatic N) is 4. The minimum Gasteiger partial charge on any atom is -0.441 e. The number of aromatic nitrogens is 4. The first kappa shape index (κ1) is 11.2. The number of rotatable bonds is 1. The molecule has 0 bridgehead atoms. The van der Waals surface area contributed by atoms with Crippen molar-refractivity contribution in [2.24, 2.45) is 7.05 Å². The molecule has 20 heavy (non-hydrogen) atoms. The van der Waals surface area contributed by atoms with E-state index in [0.29, 0.717) is 5.89 Å². The zero-order chi connectivity index (χ0) is 13.7. The third-order valence-electron chi connectivity index (χ3n) is 3.37. The number of oxazole rings is 1. The van der Waals surface area contributed by atoms with Crippen LogP contribution < -0.4 is 0 Å². The molecule has 0 saturated heterocycles. The summed E-state index contributed by atoms with van der Waals surface area (Å²) in [7, 11) is 1.96. The molecule has 0 spiro atoms. The summed E-state index contributed by atoms with van der Waals surface area (Å²) in [6.07, 6.45) is 3.73. The maximum Gasteiger partial charge on any atom is 0.192 e.